The van der Waals surface area contributed by atoms with Gasteiger partial charge >= 0.3 is 0 Å². The number of methoxy groups -OCH3 is 2. The molecule has 0 fully saturated rings. The lowest BCUT2D eigenvalue weighted by Crippen LogP contribution is -2.23. The van der Waals surface area contributed by atoms with Crippen molar-refractivity contribution in [2.45, 2.75) is 19.1 Å². The Kier molecular flexibility index (Phi) is 6.18. The first-order chi connectivity index (χ1) is 7.10. The quantitative estimate of drug-likeness (QED) is 0.847. The summed E-state index contributed by atoms with van der Waals surface area (Å²) in [4.78, 5) is 0. The first kappa shape index (κ1) is 15.0. The van der Waals surface area contributed by atoms with Gasteiger partial charge in [0.25, 0.3) is 0 Å². The van der Waals surface area contributed by atoms with Crippen LogP contribution in [0.15, 0.2) is 18.2 Å². The molecule has 1 aromatic carbocycles. The van der Waals surface area contributed by atoms with Crippen molar-refractivity contribution in [3.05, 3.63) is 23.8 Å². The molecule has 0 bridgehead atoms. The number of halogens is 1. The van der Waals surface area contributed by atoms with Crippen LogP contribution < -0.4 is 15.2 Å². The fourth-order valence-electron chi connectivity index (χ4n) is 1.35. The first-order valence-electron chi connectivity index (χ1n) is 4.75. The van der Waals surface area contributed by atoms with Gasteiger partial charge in [0, 0.05) is 11.6 Å². The third-order valence-corrected chi connectivity index (χ3v) is 2.32. The van der Waals surface area contributed by atoms with Gasteiger partial charge in [-0.15, -0.1) is 12.4 Å². The summed E-state index contributed by atoms with van der Waals surface area (Å²) in [6.45, 7) is 1.65. The Morgan fingerprint density at radius 2 is 1.88 bits per heavy atom. The van der Waals surface area contributed by atoms with E-state index in [2.05, 4.69) is 0 Å². The highest BCUT2D eigenvalue weighted by Gasteiger charge is 2.16. The molecule has 0 aliphatic heterocycles. The van der Waals surface area contributed by atoms with Crippen molar-refractivity contribution in [2.24, 2.45) is 5.73 Å². The highest BCUT2D eigenvalue weighted by atomic mass is 35.5. The second-order valence-electron chi connectivity index (χ2n) is 3.37. The normalized spacial score (nSPS) is 13.6. The van der Waals surface area contributed by atoms with Crippen LogP contribution >= 0.6 is 12.4 Å². The average Bonchev–Trinajstić information content (AvgIpc) is 2.27. The van der Waals surface area contributed by atoms with Crippen molar-refractivity contribution in [3.8, 4) is 11.5 Å². The van der Waals surface area contributed by atoms with E-state index in [1.165, 1.54) is 0 Å². The zero-order chi connectivity index (χ0) is 11.4. The number of hydrogen-bond acceptors (Lipinski definition) is 4. The van der Waals surface area contributed by atoms with Crippen molar-refractivity contribution in [1.29, 1.82) is 0 Å². The fourth-order valence-corrected chi connectivity index (χ4v) is 1.35. The maximum absolute atomic E-state index is 9.41. The Balaban J connectivity index is 0.00000225. The molecular formula is C11H18ClNO3. The Morgan fingerprint density at radius 3 is 2.31 bits per heavy atom. The topological polar surface area (TPSA) is 64.7 Å². The van der Waals surface area contributed by atoms with E-state index in [-0.39, 0.29) is 12.4 Å². The lowest BCUT2D eigenvalue weighted by Gasteiger charge is -2.18. The molecule has 1 rings (SSSR count). The molecule has 0 amide bonds. The number of aliphatic hydroxyl groups is 1. The minimum absolute atomic E-state index is 0. The summed E-state index contributed by atoms with van der Waals surface area (Å²) < 4.78 is 10.3. The fraction of sp³-hybridized carbons (Fsp3) is 0.455. The number of rotatable bonds is 4. The molecule has 0 saturated carbocycles. The van der Waals surface area contributed by atoms with Crippen LogP contribution in [-0.4, -0.2) is 25.4 Å². The van der Waals surface area contributed by atoms with E-state index in [0.717, 1.165) is 5.56 Å². The van der Waals surface area contributed by atoms with Crippen molar-refractivity contribution in [1.82, 2.24) is 0 Å². The van der Waals surface area contributed by atoms with Gasteiger partial charge in [0.05, 0.1) is 26.4 Å². The molecular weight excluding hydrogens is 230 g/mol. The Hall–Kier alpha value is -0.970. The zero-order valence-corrected chi connectivity index (χ0v) is 10.5. The third kappa shape index (κ3) is 3.27. The maximum Gasteiger partial charge on any atom is 0.127 e. The monoisotopic (exact) mass is 247 g/mol. The van der Waals surface area contributed by atoms with Gasteiger partial charge in [-0.3, -0.25) is 0 Å². The summed E-state index contributed by atoms with van der Waals surface area (Å²) in [6, 6.07) is 4.89. The van der Waals surface area contributed by atoms with Crippen LogP contribution in [0.25, 0.3) is 0 Å². The summed E-state index contributed by atoms with van der Waals surface area (Å²) in [6.07, 6.45) is -0.618. The van der Waals surface area contributed by atoms with Crippen LogP contribution in [-0.2, 0) is 0 Å². The van der Waals surface area contributed by atoms with Gasteiger partial charge in [-0.2, -0.15) is 0 Å². The van der Waals surface area contributed by atoms with Crippen molar-refractivity contribution < 1.29 is 14.6 Å². The van der Waals surface area contributed by atoms with Crippen molar-refractivity contribution in [2.75, 3.05) is 14.2 Å². The molecule has 0 aliphatic carbocycles. The molecule has 3 N–H and O–H groups in total. The summed E-state index contributed by atoms with van der Waals surface area (Å²) in [5.41, 5.74) is 6.61. The number of benzene rings is 1. The maximum atomic E-state index is 9.41. The van der Waals surface area contributed by atoms with Crippen LogP contribution in [0.5, 0.6) is 11.5 Å². The van der Waals surface area contributed by atoms with E-state index < -0.39 is 12.1 Å². The van der Waals surface area contributed by atoms with Crippen LogP contribution in [0.2, 0.25) is 0 Å². The van der Waals surface area contributed by atoms with Gasteiger partial charge in [-0.25, -0.2) is 0 Å². The first-order valence-corrected chi connectivity index (χ1v) is 4.75. The van der Waals surface area contributed by atoms with Gasteiger partial charge in [0.1, 0.15) is 11.5 Å². The summed E-state index contributed by atoms with van der Waals surface area (Å²) in [5, 5.41) is 9.41. The Labute approximate surface area is 102 Å². The van der Waals surface area contributed by atoms with E-state index in [0.29, 0.717) is 11.5 Å². The van der Waals surface area contributed by atoms with Crippen LogP contribution in [0, 0.1) is 0 Å². The molecule has 2 atom stereocenters. The largest absolute Gasteiger partial charge is 0.497 e. The molecule has 1 aromatic rings. The van der Waals surface area contributed by atoms with E-state index in [4.69, 9.17) is 15.2 Å². The highest BCUT2D eigenvalue weighted by Crippen LogP contribution is 2.29. The lowest BCUT2D eigenvalue weighted by molar-refractivity contribution is 0.162. The number of ether oxygens (including phenoxy) is 2. The van der Waals surface area contributed by atoms with Gasteiger partial charge < -0.3 is 20.3 Å². The molecule has 92 valence electrons. The molecule has 0 aliphatic rings. The Morgan fingerprint density at radius 1 is 1.25 bits per heavy atom. The summed E-state index contributed by atoms with van der Waals surface area (Å²) in [5.74, 6) is 1.33. The third-order valence-electron chi connectivity index (χ3n) is 2.32. The van der Waals surface area contributed by atoms with Gasteiger partial charge in [0.15, 0.2) is 0 Å². The lowest BCUT2D eigenvalue weighted by atomic mass is 10.0. The molecule has 16 heavy (non-hydrogen) atoms. The average molecular weight is 248 g/mol. The molecule has 0 radical (unpaired) electrons. The number of nitrogens with two attached hydrogens (primary N) is 1. The van der Waals surface area contributed by atoms with Crippen LogP contribution in [0.4, 0.5) is 0 Å². The second-order valence-corrected chi connectivity index (χ2v) is 3.37. The Bertz CT molecular complexity index is 331. The SMILES string of the molecule is COc1ccc([C@@H](N)[C@H](C)O)c(OC)c1.Cl. The minimum atomic E-state index is -0.618. The van der Waals surface area contributed by atoms with Crippen molar-refractivity contribution in [3.63, 3.8) is 0 Å². The van der Waals surface area contributed by atoms with Gasteiger partial charge in [0.2, 0.25) is 0 Å². The molecule has 4 nitrogen and oxygen atoms in total. The number of aliphatic hydroxyl groups excluding tert-OH is 1. The van der Waals surface area contributed by atoms with E-state index in [1.54, 1.807) is 39.3 Å². The van der Waals surface area contributed by atoms with Gasteiger partial charge in [-0.1, -0.05) is 0 Å². The highest BCUT2D eigenvalue weighted by molar-refractivity contribution is 5.85. The molecule has 0 unspecified atom stereocenters. The van der Waals surface area contributed by atoms with E-state index >= 15 is 0 Å². The minimum Gasteiger partial charge on any atom is -0.497 e. The molecule has 0 spiro atoms. The smallest absolute Gasteiger partial charge is 0.127 e. The van der Waals surface area contributed by atoms with Crippen LogP contribution in [0.3, 0.4) is 0 Å². The summed E-state index contributed by atoms with van der Waals surface area (Å²) >= 11 is 0. The van der Waals surface area contributed by atoms with Gasteiger partial charge in [-0.05, 0) is 19.1 Å². The second kappa shape index (κ2) is 6.58. The summed E-state index contributed by atoms with van der Waals surface area (Å²) in [7, 11) is 3.15. The van der Waals surface area contributed by atoms with E-state index in [9.17, 15) is 5.11 Å². The predicted octanol–water partition coefficient (Wildman–Crippen LogP) is 1.51. The molecule has 0 aromatic heterocycles. The molecule has 5 heteroatoms. The predicted molar refractivity (Wildman–Crippen MR) is 65.4 cm³/mol. The number of hydrogen-bond donors (Lipinski definition) is 2. The van der Waals surface area contributed by atoms with E-state index in [1.807, 2.05) is 0 Å². The molecule has 0 saturated heterocycles. The zero-order valence-electron chi connectivity index (χ0n) is 9.64. The molecule has 0 heterocycles. The van der Waals surface area contributed by atoms with Crippen molar-refractivity contribution >= 4 is 12.4 Å². The standard InChI is InChI=1S/C11H17NO3.ClH/c1-7(13)11(12)9-5-4-8(14-2)6-10(9)15-3;/h4-7,11,13H,12H2,1-3H3;1H/t7-,11-;/m0./s1. The van der Waals surface area contributed by atoms with Crippen LogP contribution in [0.1, 0.15) is 18.5 Å².